The average Bonchev–Trinajstić information content (AvgIpc) is 3.21. The minimum atomic E-state index is 0.632. The van der Waals surface area contributed by atoms with Crippen LogP contribution in [-0.2, 0) is 9.47 Å². The van der Waals surface area contributed by atoms with Gasteiger partial charge in [-0.3, -0.25) is 14.7 Å². The molecule has 0 spiro atoms. The van der Waals surface area contributed by atoms with Gasteiger partial charge in [0.2, 0.25) is 0 Å². The average molecular weight is 440 g/mol. The van der Waals surface area contributed by atoms with E-state index in [9.17, 15) is 0 Å². The van der Waals surface area contributed by atoms with Crippen molar-refractivity contribution in [1.29, 1.82) is 0 Å². The SMILES string of the molecule is COCC1CCCN1CC1CN2CCC1CC2CNC(=S)NCCN1CCOCC1. The molecule has 0 aromatic rings. The van der Waals surface area contributed by atoms with E-state index in [-0.39, 0.29) is 0 Å². The second-order valence-corrected chi connectivity index (χ2v) is 9.94. The van der Waals surface area contributed by atoms with Crippen LogP contribution in [0.2, 0.25) is 0 Å². The fourth-order valence-electron chi connectivity index (χ4n) is 5.91. The van der Waals surface area contributed by atoms with Gasteiger partial charge in [0.05, 0.1) is 19.8 Å². The van der Waals surface area contributed by atoms with Gasteiger partial charge in [-0.25, -0.2) is 0 Å². The summed E-state index contributed by atoms with van der Waals surface area (Å²) in [5.41, 5.74) is 0. The Hall–Kier alpha value is -0.510. The summed E-state index contributed by atoms with van der Waals surface area (Å²) in [5.74, 6) is 1.69. The number of nitrogens with one attached hydrogen (secondary N) is 2. The van der Waals surface area contributed by atoms with E-state index in [1.165, 1.54) is 51.9 Å². The van der Waals surface area contributed by atoms with Crippen molar-refractivity contribution < 1.29 is 9.47 Å². The van der Waals surface area contributed by atoms with Crippen LogP contribution in [0.5, 0.6) is 0 Å². The molecule has 2 bridgehead atoms. The van der Waals surface area contributed by atoms with Crippen LogP contribution in [0.3, 0.4) is 0 Å². The van der Waals surface area contributed by atoms with Gasteiger partial charge in [-0.05, 0) is 62.8 Å². The minimum Gasteiger partial charge on any atom is -0.383 e. The molecule has 5 atom stereocenters. The zero-order valence-electron chi connectivity index (χ0n) is 18.7. The van der Waals surface area contributed by atoms with Crippen LogP contribution >= 0.6 is 12.2 Å². The molecular formula is C22H41N5O2S. The van der Waals surface area contributed by atoms with Crippen LogP contribution in [0.25, 0.3) is 0 Å². The van der Waals surface area contributed by atoms with Crippen LogP contribution < -0.4 is 10.6 Å². The fraction of sp³-hybridized carbons (Fsp3) is 0.955. The maximum Gasteiger partial charge on any atom is 0.166 e. The number of hydrogen-bond acceptors (Lipinski definition) is 6. The third-order valence-corrected chi connectivity index (χ3v) is 7.95. The molecule has 0 aromatic heterocycles. The van der Waals surface area contributed by atoms with E-state index in [0.717, 1.165) is 69.5 Å². The number of likely N-dealkylation sites (tertiary alicyclic amines) is 1. The summed E-state index contributed by atoms with van der Waals surface area (Å²) in [5, 5.41) is 7.69. The molecule has 5 aliphatic heterocycles. The van der Waals surface area contributed by atoms with Crippen LogP contribution in [-0.4, -0.2) is 118 Å². The van der Waals surface area contributed by atoms with E-state index in [2.05, 4.69) is 25.3 Å². The molecule has 5 heterocycles. The lowest BCUT2D eigenvalue weighted by Gasteiger charge is -2.51. The second-order valence-electron chi connectivity index (χ2n) is 9.53. The molecule has 30 heavy (non-hydrogen) atoms. The van der Waals surface area contributed by atoms with Gasteiger partial charge in [-0.15, -0.1) is 0 Å². The normalized spacial score (nSPS) is 34.9. The highest BCUT2D eigenvalue weighted by Gasteiger charge is 2.41. The van der Waals surface area contributed by atoms with Gasteiger partial charge in [-0.1, -0.05) is 0 Å². The molecule has 5 rings (SSSR count). The van der Waals surface area contributed by atoms with Gasteiger partial charge in [0.25, 0.3) is 0 Å². The molecule has 0 aliphatic carbocycles. The second kappa shape index (κ2) is 11.4. The summed E-state index contributed by atoms with van der Waals surface area (Å²) in [6.45, 7) is 12.6. The molecule has 0 amide bonds. The van der Waals surface area contributed by atoms with Gasteiger partial charge < -0.3 is 20.1 Å². The highest BCUT2D eigenvalue weighted by atomic mass is 32.1. The van der Waals surface area contributed by atoms with E-state index in [4.69, 9.17) is 21.7 Å². The minimum absolute atomic E-state index is 0.632. The number of morpholine rings is 1. The lowest BCUT2D eigenvalue weighted by molar-refractivity contribution is -0.0158. The van der Waals surface area contributed by atoms with Crippen molar-refractivity contribution in [3.8, 4) is 0 Å². The predicted molar refractivity (Wildman–Crippen MR) is 124 cm³/mol. The Bertz CT molecular complexity index is 548. The number of nitrogens with zero attached hydrogens (tertiary/aromatic N) is 3. The summed E-state index contributed by atoms with van der Waals surface area (Å²) < 4.78 is 10.9. The van der Waals surface area contributed by atoms with Crippen molar-refractivity contribution in [1.82, 2.24) is 25.3 Å². The monoisotopic (exact) mass is 439 g/mol. The first-order valence-corrected chi connectivity index (χ1v) is 12.4. The van der Waals surface area contributed by atoms with Crippen LogP contribution in [0.4, 0.5) is 0 Å². The Labute approximate surface area is 187 Å². The highest BCUT2D eigenvalue weighted by molar-refractivity contribution is 7.80. The zero-order valence-corrected chi connectivity index (χ0v) is 19.5. The van der Waals surface area contributed by atoms with Gasteiger partial charge in [0, 0.05) is 65.0 Å². The molecule has 0 saturated carbocycles. The Morgan fingerprint density at radius 1 is 1.10 bits per heavy atom. The molecular weight excluding hydrogens is 398 g/mol. The van der Waals surface area contributed by atoms with Crippen molar-refractivity contribution in [2.24, 2.45) is 11.8 Å². The van der Waals surface area contributed by atoms with Crippen LogP contribution in [0.1, 0.15) is 25.7 Å². The molecule has 0 aromatic carbocycles. The Balaban J connectivity index is 1.14. The van der Waals surface area contributed by atoms with Crippen LogP contribution in [0.15, 0.2) is 0 Å². The molecule has 172 valence electrons. The third-order valence-electron chi connectivity index (χ3n) is 7.66. The Morgan fingerprint density at radius 2 is 1.97 bits per heavy atom. The number of methoxy groups -OCH3 is 1. The van der Waals surface area contributed by atoms with E-state index >= 15 is 0 Å². The van der Waals surface area contributed by atoms with Crippen molar-refractivity contribution in [3.05, 3.63) is 0 Å². The molecule has 5 unspecified atom stereocenters. The maximum atomic E-state index is 5.53. The Morgan fingerprint density at radius 3 is 2.73 bits per heavy atom. The first-order valence-electron chi connectivity index (χ1n) is 12.0. The third kappa shape index (κ3) is 6.04. The van der Waals surface area contributed by atoms with Crippen LogP contribution in [0, 0.1) is 11.8 Å². The molecule has 0 radical (unpaired) electrons. The summed E-state index contributed by atoms with van der Waals surface area (Å²) >= 11 is 5.53. The number of piperidine rings is 3. The quantitative estimate of drug-likeness (QED) is 0.507. The van der Waals surface area contributed by atoms with Crippen molar-refractivity contribution >= 4 is 17.3 Å². The first kappa shape index (κ1) is 22.7. The largest absolute Gasteiger partial charge is 0.383 e. The fourth-order valence-corrected chi connectivity index (χ4v) is 6.10. The van der Waals surface area contributed by atoms with Gasteiger partial charge >= 0.3 is 0 Å². The number of fused-ring (bicyclic) bond motifs is 3. The standard InChI is InChI=1S/C22H41N5O2S/c1-28-17-20-3-2-6-26(20)15-19-16-27-7-4-18(19)13-21(27)14-24-22(30)23-5-8-25-9-11-29-12-10-25/h18-21H,2-17H2,1H3,(H2,23,24,30). The van der Waals surface area contributed by atoms with Crippen molar-refractivity contribution in [3.63, 3.8) is 0 Å². The number of ether oxygens (including phenoxy) is 2. The first-order chi connectivity index (χ1) is 14.7. The summed E-state index contributed by atoms with van der Waals surface area (Å²) in [6.07, 6.45) is 5.32. The molecule has 5 saturated heterocycles. The molecule has 7 nitrogen and oxygen atoms in total. The van der Waals surface area contributed by atoms with Gasteiger partial charge in [0.15, 0.2) is 5.11 Å². The lowest BCUT2D eigenvalue weighted by atomic mass is 9.75. The lowest BCUT2D eigenvalue weighted by Crippen LogP contribution is -2.59. The topological polar surface area (TPSA) is 52.2 Å². The summed E-state index contributed by atoms with van der Waals surface area (Å²) in [6, 6.07) is 1.27. The summed E-state index contributed by atoms with van der Waals surface area (Å²) in [7, 11) is 1.84. The smallest absolute Gasteiger partial charge is 0.166 e. The van der Waals surface area contributed by atoms with Crippen molar-refractivity contribution in [2.45, 2.75) is 37.8 Å². The van der Waals surface area contributed by atoms with E-state index < -0.39 is 0 Å². The summed E-state index contributed by atoms with van der Waals surface area (Å²) in [4.78, 5) is 7.86. The van der Waals surface area contributed by atoms with E-state index in [0.29, 0.717) is 12.1 Å². The highest BCUT2D eigenvalue weighted by Crippen LogP contribution is 2.37. The molecule has 8 heteroatoms. The maximum absolute atomic E-state index is 5.53. The molecule has 5 aliphatic rings. The zero-order chi connectivity index (χ0) is 20.8. The van der Waals surface area contributed by atoms with E-state index in [1.807, 2.05) is 7.11 Å². The van der Waals surface area contributed by atoms with Crippen molar-refractivity contribution in [2.75, 3.05) is 85.8 Å². The number of rotatable bonds is 9. The van der Waals surface area contributed by atoms with E-state index in [1.54, 1.807) is 0 Å². The Kier molecular flexibility index (Phi) is 8.60. The molecule has 2 N–H and O–H groups in total. The number of hydrogen-bond donors (Lipinski definition) is 2. The van der Waals surface area contributed by atoms with Gasteiger partial charge in [-0.2, -0.15) is 0 Å². The number of thiocarbonyl (C=S) groups is 1. The predicted octanol–water partition coefficient (Wildman–Crippen LogP) is 0.604. The van der Waals surface area contributed by atoms with Gasteiger partial charge in [0.1, 0.15) is 0 Å². The molecule has 5 fully saturated rings.